The largest absolute Gasteiger partial charge is 0.284 e. The predicted molar refractivity (Wildman–Crippen MR) is 98.4 cm³/mol. The molecular formula is C18H16ClN3S. The van der Waals surface area contributed by atoms with Crippen LogP contribution in [0.4, 0.5) is 0 Å². The van der Waals surface area contributed by atoms with Crippen LogP contribution in [0.1, 0.15) is 13.3 Å². The van der Waals surface area contributed by atoms with Crippen molar-refractivity contribution in [2.45, 2.75) is 13.3 Å². The SMILES string of the molecule is CC/C=N/N=c1/scc(-c2ccc(Cl)cc2)n1-c1ccccc1. The summed E-state index contributed by atoms with van der Waals surface area (Å²) in [6, 6.07) is 18.0. The Morgan fingerprint density at radius 1 is 1.09 bits per heavy atom. The van der Waals surface area contributed by atoms with Crippen molar-refractivity contribution in [1.82, 2.24) is 4.57 Å². The van der Waals surface area contributed by atoms with Crippen molar-refractivity contribution in [2.24, 2.45) is 10.2 Å². The van der Waals surface area contributed by atoms with Gasteiger partial charge in [0.15, 0.2) is 0 Å². The molecule has 0 aliphatic rings. The van der Waals surface area contributed by atoms with Gasteiger partial charge in [0.05, 0.1) is 5.69 Å². The summed E-state index contributed by atoms with van der Waals surface area (Å²) in [5, 5.41) is 11.3. The summed E-state index contributed by atoms with van der Waals surface area (Å²) in [6.07, 6.45) is 2.67. The Hall–Kier alpha value is -2.17. The first-order valence-electron chi connectivity index (χ1n) is 7.37. The first-order chi connectivity index (χ1) is 11.3. The number of hydrogen-bond acceptors (Lipinski definition) is 3. The van der Waals surface area contributed by atoms with E-state index in [1.54, 1.807) is 17.6 Å². The highest BCUT2D eigenvalue weighted by atomic mass is 35.5. The minimum absolute atomic E-state index is 0.729. The second kappa shape index (κ2) is 7.40. The van der Waals surface area contributed by atoms with Gasteiger partial charge in [0, 0.05) is 22.3 Å². The van der Waals surface area contributed by atoms with Crippen LogP contribution in [0.5, 0.6) is 0 Å². The number of rotatable bonds is 4. The monoisotopic (exact) mass is 341 g/mol. The van der Waals surface area contributed by atoms with Gasteiger partial charge in [-0.1, -0.05) is 48.9 Å². The van der Waals surface area contributed by atoms with Crippen molar-refractivity contribution in [3.8, 4) is 16.9 Å². The Labute approximate surface area is 144 Å². The van der Waals surface area contributed by atoms with E-state index in [0.717, 1.165) is 33.2 Å². The molecule has 0 atom stereocenters. The van der Waals surface area contributed by atoms with Gasteiger partial charge >= 0.3 is 0 Å². The maximum atomic E-state index is 6.00. The molecule has 2 aromatic carbocycles. The molecule has 3 nitrogen and oxygen atoms in total. The highest BCUT2D eigenvalue weighted by molar-refractivity contribution is 7.07. The van der Waals surface area contributed by atoms with Crippen LogP contribution < -0.4 is 4.80 Å². The summed E-state index contributed by atoms with van der Waals surface area (Å²) in [6.45, 7) is 2.04. The van der Waals surface area contributed by atoms with Gasteiger partial charge in [0.1, 0.15) is 0 Å². The van der Waals surface area contributed by atoms with Gasteiger partial charge in [-0.05, 0) is 36.2 Å². The van der Waals surface area contributed by atoms with E-state index in [2.05, 4.69) is 32.3 Å². The van der Waals surface area contributed by atoms with E-state index in [1.165, 1.54) is 0 Å². The molecule has 0 saturated heterocycles. The van der Waals surface area contributed by atoms with Crippen molar-refractivity contribution in [3.63, 3.8) is 0 Å². The molecule has 0 N–H and O–H groups in total. The van der Waals surface area contributed by atoms with Crippen molar-refractivity contribution in [2.75, 3.05) is 0 Å². The van der Waals surface area contributed by atoms with Gasteiger partial charge in [-0.25, -0.2) is 0 Å². The Bertz CT molecular complexity index is 861. The van der Waals surface area contributed by atoms with Gasteiger partial charge in [-0.2, -0.15) is 5.10 Å². The minimum atomic E-state index is 0.729. The van der Waals surface area contributed by atoms with Gasteiger partial charge < -0.3 is 0 Å². The molecule has 0 radical (unpaired) electrons. The zero-order valence-corrected chi connectivity index (χ0v) is 14.3. The summed E-state index contributed by atoms with van der Waals surface area (Å²) in [5.41, 5.74) is 3.22. The number of nitrogens with zero attached hydrogens (tertiary/aromatic N) is 3. The predicted octanol–water partition coefficient (Wildman–Crippen LogP) is 5.16. The van der Waals surface area contributed by atoms with Crippen LogP contribution in [0.2, 0.25) is 5.02 Å². The standard InChI is InChI=1S/C18H16ClN3S/c1-2-12-20-21-18-22(16-6-4-3-5-7-16)17(13-23-18)14-8-10-15(19)11-9-14/h3-13H,2H2,1H3/b20-12+,21-18+. The van der Waals surface area contributed by atoms with Crippen LogP contribution in [0, 0.1) is 0 Å². The highest BCUT2D eigenvalue weighted by Gasteiger charge is 2.09. The van der Waals surface area contributed by atoms with Gasteiger partial charge in [0.2, 0.25) is 4.80 Å². The Kier molecular flexibility index (Phi) is 5.05. The Morgan fingerprint density at radius 3 is 2.52 bits per heavy atom. The highest BCUT2D eigenvalue weighted by Crippen LogP contribution is 2.24. The van der Waals surface area contributed by atoms with E-state index in [9.17, 15) is 0 Å². The van der Waals surface area contributed by atoms with Crippen LogP contribution in [0.15, 0.2) is 70.2 Å². The number of halogens is 1. The second-order valence-electron chi connectivity index (χ2n) is 4.89. The quantitative estimate of drug-likeness (QED) is 0.463. The molecule has 5 heteroatoms. The zero-order valence-electron chi connectivity index (χ0n) is 12.7. The van der Waals surface area contributed by atoms with Crippen molar-refractivity contribution in [1.29, 1.82) is 0 Å². The van der Waals surface area contributed by atoms with E-state index in [4.69, 9.17) is 11.6 Å². The van der Waals surface area contributed by atoms with Crippen LogP contribution in [-0.2, 0) is 0 Å². The maximum Gasteiger partial charge on any atom is 0.215 e. The molecule has 0 spiro atoms. The van der Waals surface area contributed by atoms with Crippen molar-refractivity contribution < 1.29 is 0 Å². The fraction of sp³-hybridized carbons (Fsp3) is 0.111. The van der Waals surface area contributed by atoms with E-state index >= 15 is 0 Å². The molecule has 0 fully saturated rings. The van der Waals surface area contributed by atoms with Crippen LogP contribution >= 0.6 is 22.9 Å². The van der Waals surface area contributed by atoms with Crippen LogP contribution in [0.25, 0.3) is 16.9 Å². The number of para-hydroxylation sites is 1. The van der Waals surface area contributed by atoms with Gasteiger partial charge in [-0.15, -0.1) is 16.4 Å². The fourth-order valence-electron chi connectivity index (χ4n) is 2.20. The minimum Gasteiger partial charge on any atom is -0.284 e. The topological polar surface area (TPSA) is 29.6 Å². The third kappa shape index (κ3) is 3.60. The van der Waals surface area contributed by atoms with E-state index in [0.29, 0.717) is 0 Å². The lowest BCUT2D eigenvalue weighted by Crippen LogP contribution is -2.13. The number of hydrogen-bond donors (Lipinski definition) is 0. The lowest BCUT2D eigenvalue weighted by atomic mass is 10.1. The third-order valence-corrected chi connectivity index (χ3v) is 4.34. The number of benzene rings is 2. The molecule has 0 saturated carbocycles. The van der Waals surface area contributed by atoms with E-state index < -0.39 is 0 Å². The average Bonchev–Trinajstić information content (AvgIpc) is 3.00. The molecule has 0 unspecified atom stereocenters. The number of aromatic nitrogens is 1. The summed E-state index contributed by atoms with van der Waals surface area (Å²) in [5.74, 6) is 0. The smallest absolute Gasteiger partial charge is 0.215 e. The van der Waals surface area contributed by atoms with E-state index in [-0.39, 0.29) is 0 Å². The van der Waals surface area contributed by atoms with Crippen molar-refractivity contribution >= 4 is 29.2 Å². The molecule has 23 heavy (non-hydrogen) atoms. The molecule has 116 valence electrons. The summed E-state index contributed by atoms with van der Waals surface area (Å²) < 4.78 is 2.11. The Balaban J connectivity index is 2.19. The zero-order chi connectivity index (χ0) is 16.1. The molecular weight excluding hydrogens is 326 g/mol. The molecule has 0 aliphatic heterocycles. The van der Waals surface area contributed by atoms with Crippen LogP contribution in [-0.4, -0.2) is 10.8 Å². The fourth-order valence-corrected chi connectivity index (χ4v) is 3.19. The normalized spacial score (nSPS) is 12.2. The summed E-state index contributed by atoms with van der Waals surface area (Å²) >= 11 is 7.57. The first kappa shape index (κ1) is 15.7. The molecule has 0 bridgehead atoms. The molecule has 1 heterocycles. The lowest BCUT2D eigenvalue weighted by Gasteiger charge is -2.08. The van der Waals surface area contributed by atoms with Gasteiger partial charge in [-0.3, -0.25) is 4.57 Å². The van der Waals surface area contributed by atoms with Crippen molar-refractivity contribution in [3.05, 3.63) is 69.8 Å². The third-order valence-electron chi connectivity index (χ3n) is 3.27. The van der Waals surface area contributed by atoms with Crippen LogP contribution in [0.3, 0.4) is 0 Å². The molecule has 3 rings (SSSR count). The maximum absolute atomic E-state index is 6.00. The molecule has 3 aromatic rings. The number of thiazole rings is 1. The molecule has 1 aromatic heterocycles. The Morgan fingerprint density at radius 2 is 1.83 bits per heavy atom. The summed E-state index contributed by atoms with van der Waals surface area (Å²) in [4.78, 5) is 0.839. The first-order valence-corrected chi connectivity index (χ1v) is 8.63. The lowest BCUT2D eigenvalue weighted by molar-refractivity contribution is 0.970. The molecule has 0 aliphatic carbocycles. The van der Waals surface area contributed by atoms with E-state index in [1.807, 2.05) is 49.4 Å². The average molecular weight is 342 g/mol. The second-order valence-corrected chi connectivity index (χ2v) is 6.16. The van der Waals surface area contributed by atoms with Gasteiger partial charge in [0.25, 0.3) is 0 Å². The molecule has 0 amide bonds. The summed E-state index contributed by atoms with van der Waals surface area (Å²) in [7, 11) is 0.